The SMILES string of the molecule is C=C/C=C\C/C=C\C(C)Cc1cncn1C. The Kier molecular flexibility index (Phi) is 5.34. The van der Waals surface area contributed by atoms with E-state index in [-0.39, 0.29) is 0 Å². The second kappa shape index (κ2) is 6.83. The summed E-state index contributed by atoms with van der Waals surface area (Å²) in [5, 5.41) is 0. The fourth-order valence-electron chi connectivity index (χ4n) is 1.54. The molecule has 0 saturated heterocycles. The number of aryl methyl sites for hydroxylation is 1. The van der Waals surface area contributed by atoms with E-state index < -0.39 is 0 Å². The number of hydrogen-bond acceptors (Lipinski definition) is 1. The van der Waals surface area contributed by atoms with Crippen molar-refractivity contribution in [2.45, 2.75) is 19.8 Å². The Labute approximate surface area is 98.0 Å². The third-order valence-electron chi connectivity index (χ3n) is 2.46. The van der Waals surface area contributed by atoms with Crippen molar-refractivity contribution in [1.29, 1.82) is 0 Å². The molecule has 1 rings (SSSR count). The third kappa shape index (κ3) is 4.30. The molecule has 0 spiro atoms. The average Bonchev–Trinajstić information content (AvgIpc) is 2.64. The first-order valence-electron chi connectivity index (χ1n) is 5.63. The fraction of sp³-hybridized carbons (Fsp3) is 0.357. The van der Waals surface area contributed by atoms with E-state index in [0.29, 0.717) is 5.92 Å². The molecule has 0 amide bonds. The van der Waals surface area contributed by atoms with Crippen molar-refractivity contribution in [3.05, 3.63) is 55.2 Å². The molecule has 1 heterocycles. The Morgan fingerprint density at radius 2 is 2.31 bits per heavy atom. The number of aromatic nitrogens is 2. The van der Waals surface area contributed by atoms with Gasteiger partial charge < -0.3 is 4.57 Å². The standard InChI is InChI=1S/C14H20N2/c1-4-5-6-7-8-9-13(2)10-14-11-15-12-16(14)3/h4-6,8-9,11-13H,1,7,10H2,2-3H3/b6-5-,9-8-. The van der Waals surface area contributed by atoms with Crippen molar-refractivity contribution in [2.75, 3.05) is 0 Å². The smallest absolute Gasteiger partial charge is 0.0945 e. The van der Waals surface area contributed by atoms with Crippen molar-refractivity contribution in [3.63, 3.8) is 0 Å². The van der Waals surface area contributed by atoms with Crippen LogP contribution in [-0.2, 0) is 13.5 Å². The highest BCUT2D eigenvalue weighted by Crippen LogP contribution is 2.08. The summed E-state index contributed by atoms with van der Waals surface area (Å²) >= 11 is 0. The van der Waals surface area contributed by atoms with Crippen molar-refractivity contribution in [2.24, 2.45) is 13.0 Å². The van der Waals surface area contributed by atoms with E-state index >= 15 is 0 Å². The van der Waals surface area contributed by atoms with Gasteiger partial charge in [-0.05, 0) is 18.8 Å². The van der Waals surface area contributed by atoms with Crippen LogP contribution >= 0.6 is 0 Å². The van der Waals surface area contributed by atoms with E-state index in [1.807, 2.05) is 25.6 Å². The molecule has 1 aromatic rings. The maximum absolute atomic E-state index is 4.11. The minimum absolute atomic E-state index is 0.549. The molecule has 16 heavy (non-hydrogen) atoms. The first kappa shape index (κ1) is 12.5. The maximum atomic E-state index is 4.11. The number of hydrogen-bond donors (Lipinski definition) is 0. The number of rotatable bonds is 6. The quantitative estimate of drug-likeness (QED) is 0.527. The van der Waals surface area contributed by atoms with Gasteiger partial charge in [-0.15, -0.1) is 0 Å². The molecule has 0 N–H and O–H groups in total. The summed E-state index contributed by atoms with van der Waals surface area (Å²) in [5.74, 6) is 0.549. The lowest BCUT2D eigenvalue weighted by molar-refractivity contribution is 0.674. The summed E-state index contributed by atoms with van der Waals surface area (Å²) in [6.07, 6.45) is 16.1. The lowest BCUT2D eigenvalue weighted by Gasteiger charge is -2.06. The highest BCUT2D eigenvalue weighted by molar-refractivity contribution is 5.04. The first-order chi connectivity index (χ1) is 7.74. The van der Waals surface area contributed by atoms with E-state index in [1.54, 1.807) is 6.08 Å². The zero-order chi connectivity index (χ0) is 11.8. The molecule has 86 valence electrons. The van der Waals surface area contributed by atoms with Crippen LogP contribution in [0.15, 0.2) is 49.5 Å². The summed E-state index contributed by atoms with van der Waals surface area (Å²) in [5.41, 5.74) is 1.28. The highest BCUT2D eigenvalue weighted by atomic mass is 15.0. The van der Waals surface area contributed by atoms with E-state index in [1.165, 1.54) is 5.69 Å². The lowest BCUT2D eigenvalue weighted by atomic mass is 10.1. The Bertz CT molecular complexity index is 372. The largest absolute Gasteiger partial charge is 0.338 e. The van der Waals surface area contributed by atoms with Gasteiger partial charge in [-0.2, -0.15) is 0 Å². The van der Waals surface area contributed by atoms with Gasteiger partial charge in [-0.25, -0.2) is 4.98 Å². The molecule has 1 aromatic heterocycles. The molecule has 0 fully saturated rings. The molecular formula is C14H20N2. The third-order valence-corrected chi connectivity index (χ3v) is 2.46. The van der Waals surface area contributed by atoms with Crippen molar-refractivity contribution >= 4 is 0 Å². The molecular weight excluding hydrogens is 196 g/mol. The zero-order valence-electron chi connectivity index (χ0n) is 10.1. The van der Waals surface area contributed by atoms with Crippen molar-refractivity contribution in [3.8, 4) is 0 Å². The second-order valence-corrected chi connectivity index (χ2v) is 4.01. The summed E-state index contributed by atoms with van der Waals surface area (Å²) in [7, 11) is 2.03. The molecule has 0 bridgehead atoms. The van der Waals surface area contributed by atoms with Crippen LogP contribution in [0.3, 0.4) is 0 Å². The van der Waals surface area contributed by atoms with Crippen LogP contribution in [-0.4, -0.2) is 9.55 Å². The fourth-order valence-corrected chi connectivity index (χ4v) is 1.54. The predicted octanol–water partition coefficient (Wildman–Crippen LogP) is 3.29. The van der Waals surface area contributed by atoms with Gasteiger partial charge in [0.25, 0.3) is 0 Å². The zero-order valence-corrected chi connectivity index (χ0v) is 10.1. The van der Waals surface area contributed by atoms with Crippen LogP contribution in [0.1, 0.15) is 19.0 Å². The van der Waals surface area contributed by atoms with Gasteiger partial charge in [0.05, 0.1) is 6.33 Å². The Morgan fingerprint density at radius 1 is 1.50 bits per heavy atom. The van der Waals surface area contributed by atoms with Gasteiger partial charge in [0, 0.05) is 18.9 Å². The van der Waals surface area contributed by atoms with Crippen LogP contribution in [0.25, 0.3) is 0 Å². The molecule has 0 aliphatic carbocycles. The molecule has 1 unspecified atom stereocenters. The van der Waals surface area contributed by atoms with E-state index in [4.69, 9.17) is 0 Å². The molecule has 2 heteroatoms. The Hall–Kier alpha value is -1.57. The molecule has 0 radical (unpaired) electrons. The predicted molar refractivity (Wildman–Crippen MR) is 69.2 cm³/mol. The summed E-state index contributed by atoms with van der Waals surface area (Å²) in [6, 6.07) is 0. The topological polar surface area (TPSA) is 17.8 Å². The maximum Gasteiger partial charge on any atom is 0.0945 e. The first-order valence-corrected chi connectivity index (χ1v) is 5.63. The molecule has 1 atom stereocenters. The van der Waals surface area contributed by atoms with Crippen LogP contribution in [0, 0.1) is 5.92 Å². The number of imidazole rings is 1. The molecule has 0 aromatic carbocycles. The summed E-state index contributed by atoms with van der Waals surface area (Å²) in [6.45, 7) is 5.86. The summed E-state index contributed by atoms with van der Waals surface area (Å²) in [4.78, 5) is 4.11. The minimum Gasteiger partial charge on any atom is -0.338 e. The Morgan fingerprint density at radius 3 is 2.94 bits per heavy atom. The van der Waals surface area contributed by atoms with Gasteiger partial charge in [-0.3, -0.25) is 0 Å². The van der Waals surface area contributed by atoms with Gasteiger partial charge in [-0.1, -0.05) is 43.9 Å². The van der Waals surface area contributed by atoms with Gasteiger partial charge in [0.1, 0.15) is 0 Å². The molecule has 0 saturated carbocycles. The van der Waals surface area contributed by atoms with E-state index in [9.17, 15) is 0 Å². The van der Waals surface area contributed by atoms with Gasteiger partial charge in [0.15, 0.2) is 0 Å². The summed E-state index contributed by atoms with van der Waals surface area (Å²) < 4.78 is 2.07. The van der Waals surface area contributed by atoms with Crippen LogP contribution in [0.5, 0.6) is 0 Å². The van der Waals surface area contributed by atoms with E-state index in [2.05, 4.69) is 41.3 Å². The second-order valence-electron chi connectivity index (χ2n) is 4.01. The van der Waals surface area contributed by atoms with Crippen molar-refractivity contribution < 1.29 is 0 Å². The molecule has 0 aliphatic rings. The molecule has 0 aliphatic heterocycles. The average molecular weight is 216 g/mol. The van der Waals surface area contributed by atoms with E-state index in [0.717, 1.165) is 12.8 Å². The van der Waals surface area contributed by atoms with Gasteiger partial charge >= 0.3 is 0 Å². The lowest BCUT2D eigenvalue weighted by Crippen LogP contribution is -2.01. The van der Waals surface area contributed by atoms with Crippen molar-refractivity contribution in [1.82, 2.24) is 9.55 Å². The molecule has 2 nitrogen and oxygen atoms in total. The Balaban J connectivity index is 2.36. The van der Waals surface area contributed by atoms with Crippen LogP contribution in [0.4, 0.5) is 0 Å². The monoisotopic (exact) mass is 216 g/mol. The number of allylic oxidation sites excluding steroid dienone is 5. The highest BCUT2D eigenvalue weighted by Gasteiger charge is 2.02. The minimum atomic E-state index is 0.549. The van der Waals surface area contributed by atoms with Crippen LogP contribution < -0.4 is 0 Å². The number of nitrogens with zero attached hydrogens (tertiary/aromatic N) is 2. The normalized spacial score (nSPS) is 13.6. The van der Waals surface area contributed by atoms with Gasteiger partial charge in [0.2, 0.25) is 0 Å². The van der Waals surface area contributed by atoms with Crippen LogP contribution in [0.2, 0.25) is 0 Å².